The van der Waals surface area contributed by atoms with Gasteiger partial charge in [0.2, 0.25) is 0 Å². The van der Waals surface area contributed by atoms with E-state index in [9.17, 15) is 9.59 Å². The highest BCUT2D eigenvalue weighted by atomic mass is 16.6. The lowest BCUT2D eigenvalue weighted by Gasteiger charge is -2.32. The zero-order valence-corrected chi connectivity index (χ0v) is 29.1. The average Bonchev–Trinajstić information content (AvgIpc) is 3.04. The number of ether oxygens (including phenoxy) is 3. The van der Waals surface area contributed by atoms with E-state index in [0.29, 0.717) is 25.9 Å². The molecule has 0 bridgehead atoms. The van der Waals surface area contributed by atoms with Gasteiger partial charge in [-0.25, -0.2) is 9.59 Å². The van der Waals surface area contributed by atoms with Crippen molar-refractivity contribution in [2.75, 3.05) is 6.61 Å². The number of hydrogen-bond donors (Lipinski definition) is 2. The minimum absolute atomic E-state index is 0.292. The molecule has 2 aromatic rings. The van der Waals surface area contributed by atoms with Crippen LogP contribution in [0.15, 0.2) is 107 Å². The van der Waals surface area contributed by atoms with E-state index in [0.717, 1.165) is 59.1 Å². The van der Waals surface area contributed by atoms with Gasteiger partial charge in [-0.1, -0.05) is 97.1 Å². The van der Waals surface area contributed by atoms with Gasteiger partial charge >= 0.3 is 12.2 Å². The number of carbonyl (C=O) groups excluding carboxylic acids is 2. The standard InChI is InChI=1S/C42H48N2O5/c1-41(2,43-39(45)48-37-27-33-17-7-5-13-29(33)21-23-31-15-9-11-19-35(31)37)25-26-47-42(3,4)44-40(46)49-38-28-34-18-8-6-14-30(34)22-24-32-16-10-12-20-36(32)38/h5-8,11-14,17-24,37-38H,9-10,15-16,25-28H2,1-4H3,(H,43,45)(H,44,46)/b23-21-,24-22-. The predicted molar refractivity (Wildman–Crippen MR) is 195 cm³/mol. The Kier molecular flexibility index (Phi) is 10.4. The van der Waals surface area contributed by atoms with Gasteiger partial charge in [0, 0.05) is 18.4 Å². The maximum Gasteiger partial charge on any atom is 0.409 e. The highest BCUT2D eigenvalue weighted by Gasteiger charge is 2.31. The summed E-state index contributed by atoms with van der Waals surface area (Å²) in [7, 11) is 0. The number of fused-ring (bicyclic) bond motifs is 2. The number of nitrogens with one attached hydrogen (secondary N) is 2. The fraction of sp³-hybridized carbons (Fsp3) is 0.381. The summed E-state index contributed by atoms with van der Waals surface area (Å²) in [4.78, 5) is 26.6. The van der Waals surface area contributed by atoms with Gasteiger partial charge in [0.25, 0.3) is 0 Å². The molecule has 7 nitrogen and oxygen atoms in total. The third-order valence-electron chi connectivity index (χ3n) is 9.57. The van der Waals surface area contributed by atoms with E-state index in [1.54, 1.807) is 13.8 Å². The fourth-order valence-corrected chi connectivity index (χ4v) is 6.86. The molecule has 2 aromatic carbocycles. The van der Waals surface area contributed by atoms with Crippen LogP contribution in [0, 0.1) is 0 Å². The summed E-state index contributed by atoms with van der Waals surface area (Å²) in [5.41, 5.74) is 7.45. The molecule has 4 aliphatic carbocycles. The van der Waals surface area contributed by atoms with Crippen molar-refractivity contribution in [1.29, 1.82) is 0 Å². The summed E-state index contributed by atoms with van der Waals surface area (Å²) in [5.74, 6) is 0. The van der Waals surface area contributed by atoms with Gasteiger partial charge in [0.05, 0.1) is 6.61 Å². The second-order valence-electron chi connectivity index (χ2n) is 14.3. The molecule has 2 N–H and O–H groups in total. The van der Waals surface area contributed by atoms with Crippen molar-refractivity contribution in [2.45, 2.75) is 96.1 Å². The van der Waals surface area contributed by atoms with E-state index in [2.05, 4.69) is 83.5 Å². The van der Waals surface area contributed by atoms with Crippen LogP contribution < -0.4 is 10.6 Å². The van der Waals surface area contributed by atoms with Crippen molar-refractivity contribution in [3.63, 3.8) is 0 Å². The zero-order valence-electron chi connectivity index (χ0n) is 29.1. The summed E-state index contributed by atoms with van der Waals surface area (Å²) >= 11 is 0. The zero-order chi connectivity index (χ0) is 34.4. The molecule has 256 valence electrons. The van der Waals surface area contributed by atoms with Gasteiger partial charge in [-0.05, 0) is 104 Å². The third kappa shape index (κ3) is 8.90. The average molecular weight is 661 g/mol. The quantitative estimate of drug-likeness (QED) is 0.276. The van der Waals surface area contributed by atoms with Crippen molar-refractivity contribution in [3.8, 4) is 0 Å². The number of benzene rings is 2. The van der Waals surface area contributed by atoms with Gasteiger partial charge in [-0.3, -0.25) is 5.32 Å². The summed E-state index contributed by atoms with van der Waals surface area (Å²) in [6.45, 7) is 7.78. The minimum atomic E-state index is -0.997. The maximum atomic E-state index is 13.3. The van der Waals surface area contributed by atoms with Crippen LogP contribution in [-0.2, 0) is 27.1 Å². The Morgan fingerprint density at radius 2 is 1.16 bits per heavy atom. The lowest BCUT2D eigenvalue weighted by molar-refractivity contribution is -0.0483. The molecule has 7 heteroatoms. The monoisotopic (exact) mass is 660 g/mol. The molecule has 6 rings (SSSR count). The Labute approximate surface area is 290 Å². The smallest absolute Gasteiger partial charge is 0.409 e. The Morgan fingerprint density at radius 3 is 1.69 bits per heavy atom. The van der Waals surface area contributed by atoms with Gasteiger partial charge in [-0.15, -0.1) is 0 Å². The van der Waals surface area contributed by atoms with Crippen LogP contribution in [0.3, 0.4) is 0 Å². The SMILES string of the molecule is CC(C)(CCOC(C)(C)NC(=O)OC1Cc2ccccc2/C=C\C2=C1C=CCC2)NC(=O)OC1Cc2ccccc2/C=C\C2=C1C=CCC2. The first-order chi connectivity index (χ1) is 23.6. The number of amides is 2. The lowest BCUT2D eigenvalue weighted by Crippen LogP contribution is -2.49. The molecule has 2 amide bonds. The van der Waals surface area contributed by atoms with Crippen LogP contribution in [0.2, 0.25) is 0 Å². The van der Waals surface area contributed by atoms with Crippen molar-refractivity contribution in [3.05, 3.63) is 130 Å². The molecule has 0 saturated carbocycles. The van der Waals surface area contributed by atoms with Crippen LogP contribution >= 0.6 is 0 Å². The molecular weight excluding hydrogens is 612 g/mol. The Balaban J connectivity index is 1.03. The molecule has 2 unspecified atom stereocenters. The van der Waals surface area contributed by atoms with Crippen LogP contribution in [-0.4, -0.2) is 42.3 Å². The van der Waals surface area contributed by atoms with Gasteiger partial charge in [0.15, 0.2) is 0 Å². The van der Waals surface area contributed by atoms with Crippen molar-refractivity contribution < 1.29 is 23.8 Å². The molecule has 0 saturated heterocycles. The van der Waals surface area contributed by atoms with Crippen LogP contribution in [0.25, 0.3) is 12.2 Å². The second kappa shape index (κ2) is 14.9. The fourth-order valence-electron chi connectivity index (χ4n) is 6.86. The summed E-state index contributed by atoms with van der Waals surface area (Å²) < 4.78 is 18.3. The largest absolute Gasteiger partial charge is 0.441 e. The first-order valence-corrected chi connectivity index (χ1v) is 17.5. The van der Waals surface area contributed by atoms with Crippen LogP contribution in [0.5, 0.6) is 0 Å². The molecule has 0 aliphatic heterocycles. The van der Waals surface area contributed by atoms with Crippen molar-refractivity contribution in [1.82, 2.24) is 10.6 Å². The Hall–Kier alpha value is -4.62. The predicted octanol–water partition coefficient (Wildman–Crippen LogP) is 8.93. The molecular formula is C42H48N2O5. The molecule has 4 aliphatic rings. The number of hydrogen-bond acceptors (Lipinski definition) is 5. The van der Waals surface area contributed by atoms with Crippen LogP contribution in [0.4, 0.5) is 9.59 Å². The highest BCUT2D eigenvalue weighted by Crippen LogP contribution is 2.32. The maximum absolute atomic E-state index is 13.3. The number of alkyl carbamates (subject to hydrolysis) is 2. The molecule has 2 atom stereocenters. The molecule has 0 fully saturated rings. The Morgan fingerprint density at radius 1 is 0.673 bits per heavy atom. The van der Waals surface area contributed by atoms with E-state index in [-0.39, 0.29) is 0 Å². The third-order valence-corrected chi connectivity index (χ3v) is 9.57. The minimum Gasteiger partial charge on any atom is -0.441 e. The van der Waals surface area contributed by atoms with E-state index in [1.165, 1.54) is 11.1 Å². The van der Waals surface area contributed by atoms with Gasteiger partial charge in [0.1, 0.15) is 17.9 Å². The van der Waals surface area contributed by atoms with E-state index < -0.39 is 35.7 Å². The Bertz CT molecular complexity index is 1630. The van der Waals surface area contributed by atoms with E-state index in [1.807, 2.05) is 38.1 Å². The highest BCUT2D eigenvalue weighted by molar-refractivity contribution is 5.70. The van der Waals surface area contributed by atoms with Crippen LogP contribution in [0.1, 0.15) is 82.1 Å². The number of rotatable bonds is 8. The first-order valence-electron chi connectivity index (χ1n) is 17.5. The van der Waals surface area contributed by atoms with Gasteiger partial charge in [-0.2, -0.15) is 0 Å². The number of allylic oxidation sites excluding steroid dienone is 6. The normalized spacial score (nSPS) is 21.4. The molecule has 0 spiro atoms. The summed E-state index contributed by atoms with van der Waals surface area (Å²) in [6, 6.07) is 16.5. The number of carbonyl (C=O) groups is 2. The second-order valence-corrected chi connectivity index (χ2v) is 14.3. The first kappa shape index (κ1) is 34.3. The summed E-state index contributed by atoms with van der Waals surface area (Å²) in [5, 5.41) is 5.96. The molecule has 0 heterocycles. The van der Waals surface area contributed by atoms with E-state index in [4.69, 9.17) is 14.2 Å². The summed E-state index contributed by atoms with van der Waals surface area (Å²) in [6.07, 6.45) is 20.8. The van der Waals surface area contributed by atoms with Crippen molar-refractivity contribution >= 4 is 24.3 Å². The lowest BCUT2D eigenvalue weighted by atomic mass is 9.87. The molecule has 49 heavy (non-hydrogen) atoms. The topological polar surface area (TPSA) is 85.9 Å². The van der Waals surface area contributed by atoms with Crippen molar-refractivity contribution in [2.24, 2.45) is 0 Å². The van der Waals surface area contributed by atoms with E-state index >= 15 is 0 Å². The van der Waals surface area contributed by atoms with Gasteiger partial charge < -0.3 is 19.5 Å². The molecule has 0 aromatic heterocycles. The molecule has 0 radical (unpaired) electrons.